The Morgan fingerprint density at radius 2 is 2.07 bits per heavy atom. The minimum atomic E-state index is -0.551. The number of nitrogens with two attached hydrogens (primary N) is 1. The number of carbonyl (C=O) groups excluding carboxylic acids is 1. The van der Waals surface area contributed by atoms with Crippen molar-refractivity contribution in [1.82, 2.24) is 5.32 Å². The number of rotatable bonds is 2. The quantitative estimate of drug-likeness (QED) is 0.789. The van der Waals surface area contributed by atoms with Crippen molar-refractivity contribution in [2.24, 2.45) is 5.73 Å². The molecule has 3 N–H and O–H groups in total. The number of benzene rings is 1. The van der Waals surface area contributed by atoms with Crippen molar-refractivity contribution in [3.63, 3.8) is 0 Å². The van der Waals surface area contributed by atoms with Crippen molar-refractivity contribution < 1.29 is 4.79 Å². The van der Waals surface area contributed by atoms with Gasteiger partial charge < -0.3 is 11.1 Å². The number of carbonyl (C=O) groups is 1. The summed E-state index contributed by atoms with van der Waals surface area (Å²) in [6.45, 7) is 1.44. The van der Waals surface area contributed by atoms with Gasteiger partial charge in [-0.1, -0.05) is 23.7 Å². The van der Waals surface area contributed by atoms with Crippen LogP contribution in [0.15, 0.2) is 24.3 Å². The van der Waals surface area contributed by atoms with E-state index >= 15 is 0 Å². The van der Waals surface area contributed by atoms with Gasteiger partial charge in [0.25, 0.3) is 0 Å². The second kappa shape index (κ2) is 3.83. The van der Waals surface area contributed by atoms with Crippen LogP contribution in [0, 0.1) is 0 Å². The van der Waals surface area contributed by atoms with Gasteiger partial charge in [0.1, 0.15) is 0 Å². The summed E-state index contributed by atoms with van der Waals surface area (Å²) < 4.78 is 0. The molecular weight excluding hydrogens is 212 g/mol. The normalized spacial score (nSPS) is 25.4. The molecule has 1 aliphatic rings. The molecule has 1 aromatic carbocycles. The van der Waals surface area contributed by atoms with E-state index in [1.807, 2.05) is 12.1 Å². The van der Waals surface area contributed by atoms with Crippen molar-refractivity contribution in [2.45, 2.75) is 11.8 Å². The first-order valence-electron chi connectivity index (χ1n) is 4.92. The lowest BCUT2D eigenvalue weighted by atomic mass is 9.79. The molecule has 1 saturated heterocycles. The molecule has 4 heteroatoms. The Hall–Kier alpha value is -1.06. The van der Waals surface area contributed by atoms with Crippen molar-refractivity contribution in [3.8, 4) is 0 Å². The number of halogens is 1. The molecule has 0 aliphatic carbocycles. The number of hydrogen-bond donors (Lipinski definition) is 2. The number of amides is 1. The van der Waals surface area contributed by atoms with E-state index in [9.17, 15) is 4.79 Å². The van der Waals surface area contributed by atoms with Gasteiger partial charge in [0.15, 0.2) is 0 Å². The Kier molecular flexibility index (Phi) is 2.67. The number of nitrogens with one attached hydrogen (secondary N) is 1. The molecule has 1 aliphatic heterocycles. The molecule has 2 rings (SSSR count). The summed E-state index contributed by atoms with van der Waals surface area (Å²) in [5.74, 6) is -0.269. The van der Waals surface area contributed by atoms with Gasteiger partial charge in [-0.15, -0.1) is 0 Å². The number of primary amides is 1. The van der Waals surface area contributed by atoms with Crippen LogP contribution >= 0.6 is 11.6 Å². The van der Waals surface area contributed by atoms with Crippen molar-refractivity contribution in [3.05, 3.63) is 34.9 Å². The minimum Gasteiger partial charge on any atom is -0.369 e. The van der Waals surface area contributed by atoms with Crippen LogP contribution in [0.2, 0.25) is 5.02 Å². The largest absolute Gasteiger partial charge is 0.369 e. The Morgan fingerprint density at radius 3 is 2.53 bits per heavy atom. The molecule has 80 valence electrons. The van der Waals surface area contributed by atoms with Gasteiger partial charge in [-0.2, -0.15) is 0 Å². The van der Waals surface area contributed by atoms with E-state index in [2.05, 4.69) is 5.32 Å². The van der Waals surface area contributed by atoms with E-state index in [4.69, 9.17) is 17.3 Å². The first-order valence-corrected chi connectivity index (χ1v) is 5.30. The molecule has 1 aromatic rings. The zero-order chi connectivity index (χ0) is 10.9. The van der Waals surface area contributed by atoms with E-state index in [0.29, 0.717) is 11.6 Å². The Bertz CT molecular complexity index is 369. The lowest BCUT2D eigenvalue weighted by Gasteiger charge is -2.24. The highest BCUT2D eigenvalue weighted by Crippen LogP contribution is 2.31. The summed E-state index contributed by atoms with van der Waals surface area (Å²) in [7, 11) is 0. The first kappa shape index (κ1) is 10.5. The highest BCUT2D eigenvalue weighted by molar-refractivity contribution is 6.30. The molecule has 1 unspecified atom stereocenters. The molecule has 1 atom stereocenters. The molecule has 1 amide bonds. The highest BCUT2D eigenvalue weighted by Gasteiger charge is 2.41. The van der Waals surface area contributed by atoms with E-state index in [1.54, 1.807) is 12.1 Å². The third-order valence-corrected chi connectivity index (χ3v) is 3.28. The number of hydrogen-bond acceptors (Lipinski definition) is 2. The van der Waals surface area contributed by atoms with Crippen molar-refractivity contribution in [2.75, 3.05) is 13.1 Å². The molecule has 1 heterocycles. The van der Waals surface area contributed by atoms with E-state index in [-0.39, 0.29) is 5.91 Å². The Morgan fingerprint density at radius 1 is 1.40 bits per heavy atom. The molecule has 0 bridgehead atoms. The summed E-state index contributed by atoms with van der Waals surface area (Å²) in [5, 5.41) is 3.84. The fraction of sp³-hybridized carbons (Fsp3) is 0.364. The minimum absolute atomic E-state index is 0.269. The second-order valence-corrected chi connectivity index (χ2v) is 4.32. The summed E-state index contributed by atoms with van der Waals surface area (Å²) >= 11 is 5.81. The molecule has 0 aromatic heterocycles. The second-order valence-electron chi connectivity index (χ2n) is 3.88. The summed E-state index contributed by atoms with van der Waals surface area (Å²) in [6, 6.07) is 7.33. The maximum absolute atomic E-state index is 11.6. The average Bonchev–Trinajstić information content (AvgIpc) is 2.69. The van der Waals surface area contributed by atoms with Gasteiger partial charge in [-0.25, -0.2) is 0 Å². The van der Waals surface area contributed by atoms with E-state index in [0.717, 1.165) is 18.5 Å². The molecule has 0 saturated carbocycles. The van der Waals surface area contributed by atoms with Gasteiger partial charge in [0, 0.05) is 11.6 Å². The van der Waals surface area contributed by atoms with Crippen LogP contribution < -0.4 is 11.1 Å². The van der Waals surface area contributed by atoms with Crippen LogP contribution in [0.4, 0.5) is 0 Å². The third kappa shape index (κ3) is 1.73. The average molecular weight is 225 g/mol. The fourth-order valence-corrected chi connectivity index (χ4v) is 2.19. The third-order valence-electron chi connectivity index (χ3n) is 3.02. The van der Waals surface area contributed by atoms with Crippen LogP contribution in [0.25, 0.3) is 0 Å². The predicted molar refractivity (Wildman–Crippen MR) is 59.8 cm³/mol. The topological polar surface area (TPSA) is 55.1 Å². The molecule has 3 nitrogen and oxygen atoms in total. The Balaban J connectivity index is 2.41. The maximum Gasteiger partial charge on any atom is 0.229 e. The van der Waals surface area contributed by atoms with Crippen molar-refractivity contribution in [1.29, 1.82) is 0 Å². The zero-order valence-electron chi connectivity index (χ0n) is 8.29. The van der Waals surface area contributed by atoms with Crippen molar-refractivity contribution >= 4 is 17.5 Å². The molecule has 1 fully saturated rings. The Labute approximate surface area is 93.6 Å². The monoisotopic (exact) mass is 224 g/mol. The SMILES string of the molecule is NC(=O)C1(c2ccc(Cl)cc2)CCNC1. The molecule has 0 spiro atoms. The first-order chi connectivity index (χ1) is 7.15. The van der Waals surface area contributed by atoms with E-state index in [1.165, 1.54) is 0 Å². The lowest BCUT2D eigenvalue weighted by molar-refractivity contribution is -0.122. The molecule has 0 radical (unpaired) electrons. The highest BCUT2D eigenvalue weighted by atomic mass is 35.5. The van der Waals surface area contributed by atoms with E-state index < -0.39 is 5.41 Å². The lowest BCUT2D eigenvalue weighted by Crippen LogP contribution is -2.42. The van der Waals surface area contributed by atoms with Crippen LogP contribution in [-0.2, 0) is 10.2 Å². The van der Waals surface area contributed by atoms with Gasteiger partial charge >= 0.3 is 0 Å². The fourth-order valence-electron chi connectivity index (χ4n) is 2.06. The van der Waals surface area contributed by atoms with Crippen LogP contribution in [0.1, 0.15) is 12.0 Å². The standard InChI is InChI=1S/C11H13ClN2O/c12-9-3-1-8(2-4-9)11(10(13)15)5-6-14-7-11/h1-4,14H,5-7H2,(H2,13,15). The maximum atomic E-state index is 11.6. The van der Waals surface area contributed by atoms with Gasteiger partial charge in [-0.05, 0) is 30.7 Å². The van der Waals surface area contributed by atoms with Gasteiger partial charge in [0.2, 0.25) is 5.91 Å². The van der Waals surface area contributed by atoms with Crippen LogP contribution in [-0.4, -0.2) is 19.0 Å². The zero-order valence-corrected chi connectivity index (χ0v) is 9.05. The molecule has 15 heavy (non-hydrogen) atoms. The summed E-state index contributed by atoms with van der Waals surface area (Å²) in [6.07, 6.45) is 0.754. The van der Waals surface area contributed by atoms with Crippen LogP contribution in [0.5, 0.6) is 0 Å². The molecular formula is C11H13ClN2O. The van der Waals surface area contributed by atoms with Crippen LogP contribution in [0.3, 0.4) is 0 Å². The smallest absolute Gasteiger partial charge is 0.229 e. The summed E-state index contributed by atoms with van der Waals surface area (Å²) in [4.78, 5) is 11.6. The predicted octanol–water partition coefficient (Wildman–Crippen LogP) is 1.06. The van der Waals surface area contributed by atoms with Gasteiger partial charge in [-0.3, -0.25) is 4.79 Å². The van der Waals surface area contributed by atoms with Gasteiger partial charge in [0.05, 0.1) is 5.41 Å². The summed E-state index contributed by atoms with van der Waals surface area (Å²) in [5.41, 5.74) is 5.89.